The Morgan fingerprint density at radius 2 is 2.15 bits per heavy atom. The van der Waals surface area contributed by atoms with Crippen LogP contribution in [-0.2, 0) is 19.5 Å². The lowest BCUT2D eigenvalue weighted by Gasteiger charge is -2.17. The number of nitrogens with zero attached hydrogens (tertiary/aromatic N) is 4. The second-order valence-corrected chi connectivity index (χ2v) is 5.44. The maximum Gasteiger partial charge on any atom is 0.122 e. The van der Waals surface area contributed by atoms with Crippen molar-refractivity contribution in [3.8, 4) is 0 Å². The molecule has 0 saturated carbocycles. The van der Waals surface area contributed by atoms with Crippen molar-refractivity contribution in [2.75, 3.05) is 13.6 Å². The number of rotatable bonds is 7. The van der Waals surface area contributed by atoms with Crippen molar-refractivity contribution in [2.45, 2.75) is 46.7 Å². The molecular weight excluding hydrogens is 250 g/mol. The van der Waals surface area contributed by atoms with Gasteiger partial charge >= 0.3 is 0 Å². The molecule has 2 heterocycles. The van der Waals surface area contributed by atoms with Crippen LogP contribution in [-0.4, -0.2) is 38.2 Å². The van der Waals surface area contributed by atoms with Crippen molar-refractivity contribution >= 4 is 0 Å². The van der Waals surface area contributed by atoms with E-state index >= 15 is 0 Å². The molecule has 0 fully saturated rings. The van der Waals surface area contributed by atoms with Crippen LogP contribution in [0.5, 0.6) is 0 Å². The molecule has 0 aromatic carbocycles. The molecule has 0 unspecified atom stereocenters. The van der Waals surface area contributed by atoms with Gasteiger partial charge in [-0.3, -0.25) is 10.00 Å². The lowest BCUT2D eigenvalue weighted by molar-refractivity contribution is 0.316. The lowest BCUT2D eigenvalue weighted by Crippen LogP contribution is -2.23. The molecule has 2 rings (SSSR count). The van der Waals surface area contributed by atoms with Crippen LogP contribution in [0.1, 0.15) is 36.1 Å². The van der Waals surface area contributed by atoms with Crippen molar-refractivity contribution in [1.82, 2.24) is 24.6 Å². The highest BCUT2D eigenvalue weighted by molar-refractivity contribution is 5.23. The first-order valence-electron chi connectivity index (χ1n) is 7.30. The first-order valence-corrected chi connectivity index (χ1v) is 7.30. The SMILES string of the molecule is CCCn1ccnc1CN(C)CCc1c(C)n[nH]c1C. The summed E-state index contributed by atoms with van der Waals surface area (Å²) in [6.45, 7) is 9.29. The predicted octanol–water partition coefficient (Wildman–Crippen LogP) is 2.31. The van der Waals surface area contributed by atoms with Gasteiger partial charge in [0, 0.05) is 31.2 Å². The monoisotopic (exact) mass is 275 g/mol. The zero-order valence-corrected chi connectivity index (χ0v) is 13.0. The Labute approximate surface area is 121 Å². The molecule has 0 radical (unpaired) electrons. The number of imidazole rings is 1. The highest BCUT2D eigenvalue weighted by Crippen LogP contribution is 2.11. The molecule has 110 valence electrons. The summed E-state index contributed by atoms with van der Waals surface area (Å²) in [6.07, 6.45) is 6.12. The van der Waals surface area contributed by atoms with Crippen LogP contribution in [0, 0.1) is 13.8 Å². The van der Waals surface area contributed by atoms with Gasteiger partial charge < -0.3 is 4.57 Å². The van der Waals surface area contributed by atoms with Gasteiger partial charge in [0.15, 0.2) is 0 Å². The highest BCUT2D eigenvalue weighted by Gasteiger charge is 2.10. The number of hydrogen-bond acceptors (Lipinski definition) is 3. The molecule has 0 aliphatic heterocycles. The molecule has 0 bridgehead atoms. The van der Waals surface area contributed by atoms with Gasteiger partial charge in [0.2, 0.25) is 0 Å². The highest BCUT2D eigenvalue weighted by atomic mass is 15.2. The van der Waals surface area contributed by atoms with Crippen molar-refractivity contribution in [3.63, 3.8) is 0 Å². The molecule has 0 saturated heterocycles. The average Bonchev–Trinajstić information content (AvgIpc) is 2.96. The third kappa shape index (κ3) is 3.48. The van der Waals surface area contributed by atoms with Crippen LogP contribution in [0.4, 0.5) is 0 Å². The summed E-state index contributed by atoms with van der Waals surface area (Å²) in [7, 11) is 2.15. The fourth-order valence-corrected chi connectivity index (χ4v) is 2.50. The summed E-state index contributed by atoms with van der Waals surface area (Å²) < 4.78 is 2.24. The number of aromatic nitrogens is 4. The third-order valence-corrected chi connectivity index (χ3v) is 3.70. The maximum atomic E-state index is 4.46. The van der Waals surface area contributed by atoms with E-state index in [-0.39, 0.29) is 0 Å². The van der Waals surface area contributed by atoms with Crippen molar-refractivity contribution in [2.24, 2.45) is 0 Å². The molecule has 0 amide bonds. The number of aryl methyl sites for hydroxylation is 3. The summed E-state index contributed by atoms with van der Waals surface area (Å²) in [6, 6.07) is 0. The van der Waals surface area contributed by atoms with E-state index in [1.165, 1.54) is 11.3 Å². The summed E-state index contributed by atoms with van der Waals surface area (Å²) in [5, 5.41) is 7.30. The molecular formula is C15H25N5. The Kier molecular flexibility index (Phi) is 4.95. The molecule has 0 aliphatic rings. The molecule has 2 aromatic heterocycles. The molecule has 5 heteroatoms. The largest absolute Gasteiger partial charge is 0.334 e. The standard InChI is InChI=1S/C15H25N5/c1-5-8-20-10-7-16-15(20)11-19(4)9-6-14-12(2)17-18-13(14)3/h7,10H,5-6,8-9,11H2,1-4H3,(H,17,18). The van der Waals surface area contributed by atoms with E-state index in [9.17, 15) is 0 Å². The van der Waals surface area contributed by atoms with E-state index in [4.69, 9.17) is 0 Å². The van der Waals surface area contributed by atoms with Crippen LogP contribution < -0.4 is 0 Å². The normalized spacial score (nSPS) is 11.4. The second kappa shape index (κ2) is 6.70. The van der Waals surface area contributed by atoms with E-state index in [0.717, 1.165) is 44.0 Å². The van der Waals surface area contributed by atoms with Crippen molar-refractivity contribution < 1.29 is 0 Å². The Bertz CT molecular complexity index is 521. The Balaban J connectivity index is 1.89. The summed E-state index contributed by atoms with van der Waals surface area (Å²) in [4.78, 5) is 6.78. The minimum Gasteiger partial charge on any atom is -0.334 e. The topological polar surface area (TPSA) is 49.7 Å². The number of nitrogens with one attached hydrogen (secondary N) is 1. The molecule has 0 spiro atoms. The first kappa shape index (κ1) is 14.8. The minimum absolute atomic E-state index is 0.892. The zero-order chi connectivity index (χ0) is 14.5. The second-order valence-electron chi connectivity index (χ2n) is 5.44. The molecule has 20 heavy (non-hydrogen) atoms. The van der Waals surface area contributed by atoms with Gasteiger partial charge in [0.1, 0.15) is 5.82 Å². The van der Waals surface area contributed by atoms with E-state index in [1.54, 1.807) is 0 Å². The van der Waals surface area contributed by atoms with Crippen LogP contribution in [0.25, 0.3) is 0 Å². The summed E-state index contributed by atoms with van der Waals surface area (Å²) >= 11 is 0. The fraction of sp³-hybridized carbons (Fsp3) is 0.600. The Morgan fingerprint density at radius 3 is 2.80 bits per heavy atom. The summed E-state index contributed by atoms with van der Waals surface area (Å²) in [5.41, 5.74) is 3.64. The quantitative estimate of drug-likeness (QED) is 0.843. The minimum atomic E-state index is 0.892. The van der Waals surface area contributed by atoms with Crippen LogP contribution in [0.15, 0.2) is 12.4 Å². The predicted molar refractivity (Wildman–Crippen MR) is 80.6 cm³/mol. The van der Waals surface area contributed by atoms with Gasteiger partial charge in [0.05, 0.1) is 12.2 Å². The molecule has 5 nitrogen and oxygen atoms in total. The van der Waals surface area contributed by atoms with E-state index in [2.05, 4.69) is 58.7 Å². The van der Waals surface area contributed by atoms with Gasteiger partial charge in [-0.25, -0.2) is 4.98 Å². The van der Waals surface area contributed by atoms with Gasteiger partial charge in [-0.1, -0.05) is 6.92 Å². The zero-order valence-electron chi connectivity index (χ0n) is 13.0. The number of H-pyrrole nitrogens is 1. The molecule has 0 aliphatic carbocycles. The molecule has 1 N–H and O–H groups in total. The van der Waals surface area contributed by atoms with Crippen molar-refractivity contribution in [1.29, 1.82) is 0 Å². The fourth-order valence-electron chi connectivity index (χ4n) is 2.50. The molecule has 2 aromatic rings. The summed E-state index contributed by atoms with van der Waals surface area (Å²) in [5.74, 6) is 1.15. The van der Waals surface area contributed by atoms with Crippen LogP contribution in [0.2, 0.25) is 0 Å². The van der Waals surface area contributed by atoms with E-state index in [1.807, 2.05) is 6.20 Å². The van der Waals surface area contributed by atoms with Gasteiger partial charge in [-0.2, -0.15) is 5.10 Å². The number of hydrogen-bond donors (Lipinski definition) is 1. The maximum absolute atomic E-state index is 4.46. The van der Waals surface area contributed by atoms with Crippen LogP contribution >= 0.6 is 0 Å². The van der Waals surface area contributed by atoms with Gasteiger partial charge in [-0.15, -0.1) is 0 Å². The van der Waals surface area contributed by atoms with Crippen molar-refractivity contribution in [3.05, 3.63) is 35.2 Å². The molecule has 0 atom stereocenters. The van der Waals surface area contributed by atoms with E-state index < -0.39 is 0 Å². The first-order chi connectivity index (χ1) is 9.61. The number of likely N-dealkylation sites (N-methyl/N-ethyl adjacent to an activating group) is 1. The Morgan fingerprint density at radius 1 is 1.35 bits per heavy atom. The van der Waals surface area contributed by atoms with E-state index in [0.29, 0.717) is 0 Å². The third-order valence-electron chi connectivity index (χ3n) is 3.70. The smallest absolute Gasteiger partial charge is 0.122 e. The van der Waals surface area contributed by atoms with Crippen LogP contribution in [0.3, 0.4) is 0 Å². The lowest BCUT2D eigenvalue weighted by atomic mass is 10.1. The average molecular weight is 275 g/mol. The Hall–Kier alpha value is -1.62. The van der Waals surface area contributed by atoms with Gasteiger partial charge in [-0.05, 0) is 39.3 Å². The van der Waals surface area contributed by atoms with Gasteiger partial charge in [0.25, 0.3) is 0 Å². The number of aromatic amines is 1.